The van der Waals surface area contributed by atoms with E-state index in [-0.39, 0.29) is 23.9 Å². The van der Waals surface area contributed by atoms with Gasteiger partial charge in [-0.3, -0.25) is 14.5 Å². The van der Waals surface area contributed by atoms with Crippen molar-refractivity contribution in [2.24, 2.45) is 0 Å². The Bertz CT molecular complexity index is 372. The minimum Gasteiger partial charge on any atom is -0.343 e. The number of rotatable bonds is 6. The van der Waals surface area contributed by atoms with Crippen LogP contribution >= 0.6 is 11.8 Å². The van der Waals surface area contributed by atoms with Crippen molar-refractivity contribution in [3.8, 4) is 0 Å². The molecule has 2 amide bonds. The zero-order valence-corrected chi connectivity index (χ0v) is 14.0. The summed E-state index contributed by atoms with van der Waals surface area (Å²) < 4.78 is 0. The molecule has 2 heterocycles. The second kappa shape index (κ2) is 8.03. The van der Waals surface area contributed by atoms with E-state index in [0.717, 1.165) is 32.5 Å². The van der Waals surface area contributed by atoms with Gasteiger partial charge in [-0.05, 0) is 12.8 Å². The van der Waals surface area contributed by atoms with Crippen LogP contribution in [0.5, 0.6) is 0 Å². The van der Waals surface area contributed by atoms with Gasteiger partial charge in [0, 0.05) is 37.7 Å². The zero-order valence-electron chi connectivity index (χ0n) is 13.1. The van der Waals surface area contributed by atoms with Crippen molar-refractivity contribution in [2.45, 2.75) is 45.2 Å². The van der Waals surface area contributed by atoms with E-state index in [4.69, 9.17) is 0 Å². The fourth-order valence-electron chi connectivity index (χ4n) is 3.06. The maximum atomic E-state index is 12.6. The lowest BCUT2D eigenvalue weighted by Gasteiger charge is -2.40. The number of hydrogen-bond donors (Lipinski definition) is 1. The van der Waals surface area contributed by atoms with Gasteiger partial charge in [0.2, 0.25) is 11.8 Å². The summed E-state index contributed by atoms with van der Waals surface area (Å²) in [7, 11) is 0. The van der Waals surface area contributed by atoms with Gasteiger partial charge in [-0.15, -0.1) is 0 Å². The average molecular weight is 313 g/mol. The highest BCUT2D eigenvalue weighted by Crippen LogP contribution is 2.16. The topological polar surface area (TPSA) is 52.7 Å². The number of nitrogens with zero attached hydrogens (tertiary/aromatic N) is 2. The lowest BCUT2D eigenvalue weighted by atomic mass is 10.0. The van der Waals surface area contributed by atoms with Crippen molar-refractivity contribution in [1.82, 2.24) is 15.1 Å². The van der Waals surface area contributed by atoms with Gasteiger partial charge in [-0.1, -0.05) is 20.3 Å². The van der Waals surface area contributed by atoms with E-state index in [0.29, 0.717) is 13.0 Å². The fraction of sp³-hybridized carbons (Fsp3) is 0.867. The number of thioether (sulfide) groups is 1. The second-order valence-electron chi connectivity index (χ2n) is 5.76. The molecule has 0 aliphatic carbocycles. The predicted molar refractivity (Wildman–Crippen MR) is 86.4 cm³/mol. The molecule has 0 aromatic carbocycles. The molecular formula is C15H27N3O2S. The molecule has 2 aliphatic heterocycles. The highest BCUT2D eigenvalue weighted by molar-refractivity contribution is 7.99. The molecule has 2 fully saturated rings. The van der Waals surface area contributed by atoms with Gasteiger partial charge < -0.3 is 10.2 Å². The standard InChI is InChI=1S/C15H27N3O2S/c1-3-5-12-15(20)18(13(4-2)14(19)16-12)7-6-17-8-10-21-11-9-17/h12-13H,3-11H2,1-2H3,(H,16,19). The Morgan fingerprint density at radius 1 is 1.19 bits per heavy atom. The van der Waals surface area contributed by atoms with Crippen LogP contribution in [0.1, 0.15) is 33.1 Å². The predicted octanol–water partition coefficient (Wildman–Crippen LogP) is 0.941. The summed E-state index contributed by atoms with van der Waals surface area (Å²) in [5.74, 6) is 2.47. The van der Waals surface area contributed by atoms with Crippen molar-refractivity contribution in [2.75, 3.05) is 37.7 Å². The highest BCUT2D eigenvalue weighted by Gasteiger charge is 2.38. The van der Waals surface area contributed by atoms with Gasteiger partial charge in [0.05, 0.1) is 0 Å². The van der Waals surface area contributed by atoms with Gasteiger partial charge >= 0.3 is 0 Å². The Hall–Kier alpha value is -0.750. The first-order valence-corrected chi connectivity index (χ1v) is 9.23. The molecule has 0 radical (unpaired) electrons. The third-order valence-corrected chi connectivity index (χ3v) is 5.24. The van der Waals surface area contributed by atoms with Crippen LogP contribution in [-0.2, 0) is 9.59 Å². The Kier molecular flexibility index (Phi) is 6.36. The molecule has 120 valence electrons. The smallest absolute Gasteiger partial charge is 0.245 e. The van der Waals surface area contributed by atoms with Crippen molar-refractivity contribution in [1.29, 1.82) is 0 Å². The molecule has 2 rings (SSSR count). The third-order valence-electron chi connectivity index (χ3n) is 4.30. The van der Waals surface area contributed by atoms with Crippen molar-refractivity contribution >= 4 is 23.6 Å². The molecule has 0 bridgehead atoms. The molecule has 2 saturated heterocycles. The number of amides is 2. The van der Waals surface area contributed by atoms with Crippen molar-refractivity contribution < 1.29 is 9.59 Å². The molecule has 2 aliphatic rings. The van der Waals surface area contributed by atoms with E-state index in [9.17, 15) is 9.59 Å². The first kappa shape index (κ1) is 16.6. The van der Waals surface area contributed by atoms with Crippen LogP contribution in [0.2, 0.25) is 0 Å². The Labute approximate surface area is 131 Å². The fourth-order valence-corrected chi connectivity index (χ4v) is 4.03. The summed E-state index contributed by atoms with van der Waals surface area (Å²) in [5.41, 5.74) is 0. The van der Waals surface area contributed by atoms with E-state index in [1.54, 1.807) is 0 Å². The van der Waals surface area contributed by atoms with Crippen LogP contribution in [0.3, 0.4) is 0 Å². The van der Waals surface area contributed by atoms with Crippen LogP contribution in [0.4, 0.5) is 0 Å². The number of piperazine rings is 1. The molecule has 0 spiro atoms. The monoisotopic (exact) mass is 313 g/mol. The van der Waals surface area contributed by atoms with E-state index >= 15 is 0 Å². The van der Waals surface area contributed by atoms with Gasteiger partial charge in [-0.25, -0.2) is 0 Å². The van der Waals surface area contributed by atoms with E-state index in [1.807, 2.05) is 30.5 Å². The van der Waals surface area contributed by atoms with Crippen LogP contribution in [0.15, 0.2) is 0 Å². The molecule has 0 aromatic heterocycles. The Balaban J connectivity index is 1.97. The first-order chi connectivity index (χ1) is 10.2. The normalized spacial score (nSPS) is 27.8. The quantitative estimate of drug-likeness (QED) is 0.793. The van der Waals surface area contributed by atoms with Gasteiger partial charge in [0.25, 0.3) is 0 Å². The second-order valence-corrected chi connectivity index (χ2v) is 6.98. The van der Waals surface area contributed by atoms with Crippen LogP contribution in [-0.4, -0.2) is 71.4 Å². The van der Waals surface area contributed by atoms with Gasteiger partial charge in [0.15, 0.2) is 0 Å². The summed E-state index contributed by atoms with van der Waals surface area (Å²) >= 11 is 1.99. The average Bonchev–Trinajstić information content (AvgIpc) is 2.50. The molecule has 6 heteroatoms. The van der Waals surface area contributed by atoms with Crippen LogP contribution < -0.4 is 5.32 Å². The summed E-state index contributed by atoms with van der Waals surface area (Å²) in [6, 6.07) is -0.605. The molecule has 21 heavy (non-hydrogen) atoms. The number of hydrogen-bond acceptors (Lipinski definition) is 4. The van der Waals surface area contributed by atoms with E-state index in [2.05, 4.69) is 10.2 Å². The third kappa shape index (κ3) is 4.13. The number of carbonyl (C=O) groups is 2. The van der Waals surface area contributed by atoms with Crippen molar-refractivity contribution in [3.63, 3.8) is 0 Å². The van der Waals surface area contributed by atoms with Crippen LogP contribution in [0, 0.1) is 0 Å². The lowest BCUT2D eigenvalue weighted by Crippen LogP contribution is -2.64. The number of carbonyl (C=O) groups excluding carboxylic acids is 2. The van der Waals surface area contributed by atoms with Crippen LogP contribution in [0.25, 0.3) is 0 Å². The molecular weight excluding hydrogens is 286 g/mol. The molecule has 5 nitrogen and oxygen atoms in total. The maximum Gasteiger partial charge on any atom is 0.245 e. The van der Waals surface area contributed by atoms with Gasteiger partial charge in [-0.2, -0.15) is 11.8 Å². The number of nitrogens with one attached hydrogen (secondary N) is 1. The Morgan fingerprint density at radius 2 is 1.90 bits per heavy atom. The SMILES string of the molecule is CCCC1NC(=O)C(CC)N(CCN2CCSCC2)C1=O. The molecule has 0 aromatic rings. The highest BCUT2D eigenvalue weighted by atomic mass is 32.2. The Morgan fingerprint density at radius 3 is 2.52 bits per heavy atom. The molecule has 0 saturated carbocycles. The van der Waals surface area contributed by atoms with Gasteiger partial charge in [0.1, 0.15) is 12.1 Å². The summed E-state index contributed by atoms with van der Waals surface area (Å²) in [4.78, 5) is 29.0. The van der Waals surface area contributed by atoms with E-state index in [1.165, 1.54) is 11.5 Å². The summed E-state index contributed by atoms with van der Waals surface area (Å²) in [6.07, 6.45) is 2.33. The lowest BCUT2D eigenvalue weighted by molar-refractivity contribution is -0.149. The zero-order chi connectivity index (χ0) is 15.2. The summed E-state index contributed by atoms with van der Waals surface area (Å²) in [6.45, 7) is 7.76. The minimum atomic E-state index is -0.317. The first-order valence-electron chi connectivity index (χ1n) is 8.08. The van der Waals surface area contributed by atoms with Crippen molar-refractivity contribution in [3.05, 3.63) is 0 Å². The molecule has 2 atom stereocenters. The minimum absolute atomic E-state index is 0.0183. The summed E-state index contributed by atoms with van der Waals surface area (Å²) in [5, 5.41) is 2.89. The largest absolute Gasteiger partial charge is 0.343 e. The van der Waals surface area contributed by atoms with E-state index < -0.39 is 0 Å². The maximum absolute atomic E-state index is 12.6. The molecule has 2 unspecified atom stereocenters. The molecule has 1 N–H and O–H groups in total.